The molecule has 0 atom stereocenters. The normalized spacial score (nSPS) is 10.7. The van der Waals surface area contributed by atoms with Gasteiger partial charge >= 0.3 is 0 Å². The number of benzene rings is 1. The van der Waals surface area contributed by atoms with E-state index in [0.717, 1.165) is 6.20 Å². The first-order chi connectivity index (χ1) is 14.2. The van der Waals surface area contributed by atoms with Crippen molar-refractivity contribution in [3.05, 3.63) is 59.6 Å². The Morgan fingerprint density at radius 3 is 2.47 bits per heavy atom. The minimum Gasteiger partial charge on any atom is -0.363 e. The standard InChI is InChI=1S/C18H17F4N7O/c1-28(2)16(30)9-29-8-11(5-25-29)26-18-24-7-15(22)17(27-18)23-6-12-13(20)3-10(19)4-14(12)21/h3-5,7-8H,6,9H2,1-2H3,(H2,23,24,26,27). The summed E-state index contributed by atoms with van der Waals surface area (Å²) in [5.74, 6) is -4.60. The number of rotatable bonds is 7. The average molecular weight is 423 g/mol. The molecule has 12 heteroatoms. The molecular weight excluding hydrogens is 406 g/mol. The number of likely N-dealkylation sites (N-methyl/N-ethyl adjacent to an activating group) is 1. The lowest BCUT2D eigenvalue weighted by Crippen LogP contribution is -2.26. The third kappa shape index (κ3) is 5.01. The van der Waals surface area contributed by atoms with Gasteiger partial charge in [-0.25, -0.2) is 22.5 Å². The monoisotopic (exact) mass is 423 g/mol. The van der Waals surface area contributed by atoms with Gasteiger partial charge in [0.05, 0.1) is 18.1 Å². The molecule has 3 rings (SSSR count). The molecule has 2 heterocycles. The zero-order valence-corrected chi connectivity index (χ0v) is 16.0. The number of nitrogens with zero attached hydrogens (tertiary/aromatic N) is 5. The number of hydrogen-bond donors (Lipinski definition) is 2. The summed E-state index contributed by atoms with van der Waals surface area (Å²) in [4.78, 5) is 20.8. The van der Waals surface area contributed by atoms with Gasteiger partial charge in [-0.15, -0.1) is 0 Å². The van der Waals surface area contributed by atoms with Crippen LogP contribution in [0.4, 0.5) is 35.0 Å². The van der Waals surface area contributed by atoms with E-state index in [2.05, 4.69) is 25.7 Å². The highest BCUT2D eigenvalue weighted by Crippen LogP contribution is 2.19. The van der Waals surface area contributed by atoms with Crippen LogP contribution in [0.1, 0.15) is 5.56 Å². The molecule has 158 valence electrons. The van der Waals surface area contributed by atoms with E-state index in [-0.39, 0.29) is 24.2 Å². The predicted octanol–water partition coefficient (Wildman–Crippen LogP) is 2.67. The van der Waals surface area contributed by atoms with Crippen LogP contribution in [0.15, 0.2) is 30.7 Å². The van der Waals surface area contributed by atoms with Crippen LogP contribution in [0.25, 0.3) is 0 Å². The molecule has 1 aromatic carbocycles. The lowest BCUT2D eigenvalue weighted by molar-refractivity contribution is -0.129. The molecule has 2 N–H and O–H groups in total. The molecule has 0 aliphatic carbocycles. The van der Waals surface area contributed by atoms with Crippen LogP contribution in [0, 0.1) is 23.3 Å². The van der Waals surface area contributed by atoms with Crippen molar-refractivity contribution >= 4 is 23.4 Å². The Hall–Kier alpha value is -3.70. The molecule has 3 aromatic rings. The van der Waals surface area contributed by atoms with Crippen molar-refractivity contribution in [2.45, 2.75) is 13.1 Å². The zero-order chi connectivity index (χ0) is 21.8. The van der Waals surface area contributed by atoms with Crippen LogP contribution in [0.3, 0.4) is 0 Å². The van der Waals surface area contributed by atoms with Crippen molar-refractivity contribution in [1.82, 2.24) is 24.6 Å². The number of carbonyl (C=O) groups is 1. The molecule has 0 saturated carbocycles. The second-order valence-corrected chi connectivity index (χ2v) is 6.43. The van der Waals surface area contributed by atoms with Gasteiger partial charge in [0.15, 0.2) is 11.6 Å². The lowest BCUT2D eigenvalue weighted by Gasteiger charge is -2.10. The molecule has 8 nitrogen and oxygen atoms in total. The van der Waals surface area contributed by atoms with Gasteiger partial charge in [0.25, 0.3) is 0 Å². The van der Waals surface area contributed by atoms with Gasteiger partial charge in [-0.1, -0.05) is 0 Å². The fraction of sp³-hybridized carbons (Fsp3) is 0.222. The number of nitrogens with one attached hydrogen (secondary N) is 2. The van der Waals surface area contributed by atoms with E-state index in [1.165, 1.54) is 22.0 Å². The van der Waals surface area contributed by atoms with Gasteiger partial charge in [0, 0.05) is 44.5 Å². The summed E-state index contributed by atoms with van der Waals surface area (Å²) < 4.78 is 55.8. The minimum atomic E-state index is -1.10. The number of aromatic nitrogens is 4. The summed E-state index contributed by atoms with van der Waals surface area (Å²) in [5, 5.41) is 9.27. The first-order valence-corrected chi connectivity index (χ1v) is 8.62. The Balaban J connectivity index is 1.70. The molecule has 0 radical (unpaired) electrons. The molecule has 0 bridgehead atoms. The first kappa shape index (κ1) is 21.0. The van der Waals surface area contributed by atoms with Gasteiger partial charge in [0.1, 0.15) is 24.0 Å². The third-order valence-corrected chi connectivity index (χ3v) is 3.97. The fourth-order valence-corrected chi connectivity index (χ4v) is 2.39. The van der Waals surface area contributed by atoms with E-state index in [1.807, 2.05) is 0 Å². The number of halogens is 4. The Morgan fingerprint density at radius 2 is 1.80 bits per heavy atom. The number of hydrogen-bond acceptors (Lipinski definition) is 6. The van der Waals surface area contributed by atoms with Crippen molar-refractivity contribution < 1.29 is 22.4 Å². The maximum Gasteiger partial charge on any atom is 0.243 e. The predicted molar refractivity (Wildman–Crippen MR) is 99.8 cm³/mol. The van der Waals surface area contributed by atoms with E-state index in [9.17, 15) is 22.4 Å². The summed E-state index contributed by atoms with van der Waals surface area (Å²) in [6.45, 7) is -0.434. The maximum atomic E-state index is 14.0. The first-order valence-electron chi connectivity index (χ1n) is 8.62. The number of carbonyl (C=O) groups excluding carboxylic acids is 1. The molecule has 0 unspecified atom stereocenters. The maximum absolute atomic E-state index is 14.0. The highest BCUT2D eigenvalue weighted by Gasteiger charge is 2.14. The van der Waals surface area contributed by atoms with Gasteiger partial charge in [0.2, 0.25) is 11.9 Å². The van der Waals surface area contributed by atoms with Gasteiger partial charge in [-0.2, -0.15) is 10.1 Å². The number of amides is 1. The van der Waals surface area contributed by atoms with E-state index in [4.69, 9.17) is 0 Å². The van der Waals surface area contributed by atoms with Gasteiger partial charge < -0.3 is 15.5 Å². The van der Waals surface area contributed by atoms with E-state index in [0.29, 0.717) is 17.8 Å². The molecule has 1 amide bonds. The van der Waals surface area contributed by atoms with Crippen molar-refractivity contribution in [2.24, 2.45) is 0 Å². The molecule has 0 spiro atoms. The fourth-order valence-electron chi connectivity index (χ4n) is 2.39. The molecule has 0 saturated heterocycles. The van der Waals surface area contributed by atoms with Crippen molar-refractivity contribution in [1.29, 1.82) is 0 Å². The second-order valence-electron chi connectivity index (χ2n) is 6.43. The Morgan fingerprint density at radius 1 is 1.10 bits per heavy atom. The molecular formula is C18H17F4N7O. The topological polar surface area (TPSA) is 88.0 Å². The van der Waals surface area contributed by atoms with Crippen LogP contribution in [-0.2, 0) is 17.9 Å². The summed E-state index contributed by atoms with van der Waals surface area (Å²) >= 11 is 0. The SMILES string of the molecule is CN(C)C(=O)Cn1cc(Nc2ncc(F)c(NCc3c(F)cc(F)cc3F)n2)cn1. The minimum absolute atomic E-state index is 0.0163. The Bertz CT molecular complexity index is 1050. The molecule has 0 aliphatic heterocycles. The zero-order valence-electron chi connectivity index (χ0n) is 16.0. The Labute approximate surface area is 168 Å². The summed E-state index contributed by atoms with van der Waals surface area (Å²) in [7, 11) is 3.24. The smallest absolute Gasteiger partial charge is 0.243 e. The summed E-state index contributed by atoms with van der Waals surface area (Å²) in [6.07, 6.45) is 3.82. The molecule has 0 fully saturated rings. The third-order valence-electron chi connectivity index (χ3n) is 3.97. The quantitative estimate of drug-likeness (QED) is 0.569. The largest absolute Gasteiger partial charge is 0.363 e. The van der Waals surface area contributed by atoms with Crippen LogP contribution < -0.4 is 10.6 Å². The molecule has 0 aliphatic rings. The van der Waals surface area contributed by atoms with Crippen LogP contribution in [0.2, 0.25) is 0 Å². The highest BCUT2D eigenvalue weighted by molar-refractivity contribution is 5.75. The van der Waals surface area contributed by atoms with Crippen LogP contribution in [-0.4, -0.2) is 44.7 Å². The molecule has 30 heavy (non-hydrogen) atoms. The summed E-state index contributed by atoms with van der Waals surface area (Å²) in [6, 6.07) is 1.06. The summed E-state index contributed by atoms with van der Waals surface area (Å²) in [5.41, 5.74) is -0.0227. The molecule has 2 aromatic heterocycles. The van der Waals surface area contributed by atoms with Gasteiger partial charge in [-0.05, 0) is 0 Å². The van der Waals surface area contributed by atoms with Crippen molar-refractivity contribution in [3.63, 3.8) is 0 Å². The average Bonchev–Trinajstić information content (AvgIpc) is 3.10. The van der Waals surface area contributed by atoms with Crippen molar-refractivity contribution in [2.75, 3.05) is 24.7 Å². The lowest BCUT2D eigenvalue weighted by atomic mass is 10.2. The van der Waals surface area contributed by atoms with E-state index >= 15 is 0 Å². The van der Waals surface area contributed by atoms with Crippen molar-refractivity contribution in [3.8, 4) is 0 Å². The van der Waals surface area contributed by atoms with Crippen LogP contribution >= 0.6 is 0 Å². The van der Waals surface area contributed by atoms with Gasteiger partial charge in [-0.3, -0.25) is 9.48 Å². The second kappa shape index (κ2) is 8.76. The van der Waals surface area contributed by atoms with E-state index in [1.54, 1.807) is 14.1 Å². The van der Waals surface area contributed by atoms with E-state index < -0.39 is 35.4 Å². The van der Waals surface area contributed by atoms with Crippen LogP contribution in [0.5, 0.6) is 0 Å². The number of anilines is 3. The highest BCUT2D eigenvalue weighted by atomic mass is 19.1. The Kier molecular flexibility index (Phi) is 6.14.